The van der Waals surface area contributed by atoms with Crippen LogP contribution in [0.15, 0.2) is 24.5 Å². The minimum absolute atomic E-state index is 0.198. The van der Waals surface area contributed by atoms with Gasteiger partial charge < -0.3 is 5.32 Å². The monoisotopic (exact) mass is 247 g/mol. The van der Waals surface area contributed by atoms with Crippen LogP contribution in [0.1, 0.15) is 24.2 Å². The lowest BCUT2D eigenvalue weighted by Crippen LogP contribution is -2.48. The Morgan fingerprint density at radius 1 is 1.33 bits per heavy atom. The normalized spacial score (nSPS) is 17.7. The smallest absolute Gasteiger partial charge is 0.169 e. The molecule has 1 aliphatic rings. The fourth-order valence-corrected chi connectivity index (χ4v) is 2.39. The number of piperazine rings is 1. The highest BCUT2D eigenvalue weighted by atomic mass is 16.1. The molecule has 98 valence electrons. The number of ketones is 1. The molecule has 2 heterocycles. The molecule has 0 amide bonds. The average Bonchev–Trinajstić information content (AvgIpc) is 2.39. The molecule has 1 fully saturated rings. The second kappa shape index (κ2) is 5.59. The van der Waals surface area contributed by atoms with Crippen LogP contribution in [-0.4, -0.2) is 48.4 Å². The van der Waals surface area contributed by atoms with Gasteiger partial charge in [-0.25, -0.2) is 0 Å². The van der Waals surface area contributed by atoms with Crippen LogP contribution in [0.25, 0.3) is 0 Å². The Morgan fingerprint density at radius 2 is 1.94 bits per heavy atom. The summed E-state index contributed by atoms with van der Waals surface area (Å²) in [6.45, 7) is 8.94. The lowest BCUT2D eigenvalue weighted by molar-refractivity contribution is 0.0751. The van der Waals surface area contributed by atoms with Gasteiger partial charge in [0, 0.05) is 56.1 Å². The average molecular weight is 247 g/mol. The Kier molecular flexibility index (Phi) is 4.09. The van der Waals surface area contributed by atoms with Gasteiger partial charge in [0.2, 0.25) is 0 Å². The first-order chi connectivity index (χ1) is 8.59. The molecule has 0 aliphatic carbocycles. The van der Waals surface area contributed by atoms with Crippen LogP contribution < -0.4 is 5.32 Å². The van der Waals surface area contributed by atoms with Crippen LogP contribution in [0.3, 0.4) is 0 Å². The van der Waals surface area contributed by atoms with Crippen LogP contribution in [-0.2, 0) is 0 Å². The molecule has 4 heteroatoms. The van der Waals surface area contributed by atoms with E-state index in [0.29, 0.717) is 0 Å². The van der Waals surface area contributed by atoms with Gasteiger partial charge in [-0.3, -0.25) is 14.7 Å². The number of rotatable bonds is 4. The van der Waals surface area contributed by atoms with Gasteiger partial charge in [0.25, 0.3) is 0 Å². The van der Waals surface area contributed by atoms with Crippen molar-refractivity contribution in [3.05, 3.63) is 30.1 Å². The molecule has 0 aromatic carbocycles. The summed E-state index contributed by atoms with van der Waals surface area (Å²) in [5.41, 5.74) is 0.406. The van der Waals surface area contributed by atoms with Crippen molar-refractivity contribution in [2.45, 2.75) is 13.8 Å². The number of pyridine rings is 1. The van der Waals surface area contributed by atoms with E-state index < -0.39 is 0 Å². The maximum atomic E-state index is 12.5. The molecule has 1 aliphatic heterocycles. The van der Waals surface area contributed by atoms with E-state index in [-0.39, 0.29) is 11.2 Å². The summed E-state index contributed by atoms with van der Waals surface area (Å²) in [5.74, 6) is 0.198. The number of aromatic nitrogens is 1. The second-order valence-electron chi connectivity index (χ2n) is 5.48. The van der Waals surface area contributed by atoms with Crippen LogP contribution >= 0.6 is 0 Å². The summed E-state index contributed by atoms with van der Waals surface area (Å²) in [7, 11) is 0. The Morgan fingerprint density at radius 3 is 2.56 bits per heavy atom. The predicted octanol–water partition coefficient (Wildman–Crippen LogP) is 1.20. The van der Waals surface area contributed by atoms with Gasteiger partial charge >= 0.3 is 0 Å². The number of Topliss-reactive ketones (excluding diaryl/α,β-unsaturated/α-hetero) is 1. The summed E-state index contributed by atoms with van der Waals surface area (Å²) in [4.78, 5) is 18.8. The van der Waals surface area contributed by atoms with E-state index >= 15 is 0 Å². The topological polar surface area (TPSA) is 45.2 Å². The molecule has 1 saturated heterocycles. The summed E-state index contributed by atoms with van der Waals surface area (Å²) in [6.07, 6.45) is 3.35. The molecule has 1 N–H and O–H groups in total. The standard InChI is InChI=1S/C14H21N3O/c1-14(2,11-17-9-7-16-8-10-17)13(18)12-3-5-15-6-4-12/h3-6,16H,7-11H2,1-2H3. The van der Waals surface area contributed by atoms with Crippen LogP contribution in [0, 0.1) is 5.41 Å². The Bertz CT molecular complexity index is 397. The molecule has 0 bridgehead atoms. The number of carbonyl (C=O) groups excluding carboxylic acids is 1. The molecular weight excluding hydrogens is 226 g/mol. The zero-order valence-electron chi connectivity index (χ0n) is 11.1. The van der Waals surface area contributed by atoms with Crippen molar-refractivity contribution in [3.63, 3.8) is 0 Å². The van der Waals surface area contributed by atoms with Gasteiger partial charge in [-0.05, 0) is 12.1 Å². The van der Waals surface area contributed by atoms with Crippen molar-refractivity contribution in [1.82, 2.24) is 15.2 Å². The third-order valence-corrected chi connectivity index (χ3v) is 3.39. The summed E-state index contributed by atoms with van der Waals surface area (Å²) in [6, 6.07) is 3.59. The largest absolute Gasteiger partial charge is 0.314 e. The molecular formula is C14H21N3O. The van der Waals surface area contributed by atoms with E-state index in [1.165, 1.54) is 0 Å². The predicted molar refractivity (Wildman–Crippen MR) is 71.7 cm³/mol. The van der Waals surface area contributed by atoms with Gasteiger partial charge in [-0.15, -0.1) is 0 Å². The number of nitrogens with zero attached hydrogens (tertiary/aromatic N) is 2. The zero-order chi connectivity index (χ0) is 13.0. The molecule has 0 saturated carbocycles. The van der Waals surface area contributed by atoms with Crippen molar-refractivity contribution >= 4 is 5.78 Å². The molecule has 1 aromatic heterocycles. The Hall–Kier alpha value is -1.26. The zero-order valence-corrected chi connectivity index (χ0v) is 11.1. The van der Waals surface area contributed by atoms with Gasteiger partial charge in [0.1, 0.15) is 0 Å². The maximum Gasteiger partial charge on any atom is 0.169 e. The molecule has 0 spiro atoms. The van der Waals surface area contributed by atoms with Crippen LogP contribution in [0.5, 0.6) is 0 Å². The molecule has 2 rings (SSSR count). The molecule has 0 atom stereocenters. The van der Waals surface area contributed by atoms with Crippen LogP contribution in [0.4, 0.5) is 0 Å². The van der Waals surface area contributed by atoms with Crippen molar-refractivity contribution in [1.29, 1.82) is 0 Å². The third kappa shape index (κ3) is 3.15. The van der Waals surface area contributed by atoms with E-state index in [4.69, 9.17) is 0 Å². The summed E-state index contributed by atoms with van der Waals surface area (Å²) in [5, 5.41) is 3.33. The molecule has 1 aromatic rings. The second-order valence-corrected chi connectivity index (χ2v) is 5.48. The van der Waals surface area contributed by atoms with Crippen molar-refractivity contribution in [2.75, 3.05) is 32.7 Å². The lowest BCUT2D eigenvalue weighted by atomic mass is 9.84. The van der Waals surface area contributed by atoms with Crippen molar-refractivity contribution in [2.24, 2.45) is 5.41 Å². The van der Waals surface area contributed by atoms with E-state index in [1.54, 1.807) is 24.5 Å². The highest BCUT2D eigenvalue weighted by molar-refractivity contribution is 6.00. The van der Waals surface area contributed by atoms with Gasteiger partial charge in [-0.2, -0.15) is 0 Å². The van der Waals surface area contributed by atoms with E-state index in [1.807, 2.05) is 13.8 Å². The summed E-state index contributed by atoms with van der Waals surface area (Å²) >= 11 is 0. The van der Waals surface area contributed by atoms with Gasteiger partial charge in [-0.1, -0.05) is 13.8 Å². The van der Waals surface area contributed by atoms with E-state index in [9.17, 15) is 4.79 Å². The van der Waals surface area contributed by atoms with E-state index in [0.717, 1.165) is 38.3 Å². The van der Waals surface area contributed by atoms with Crippen molar-refractivity contribution in [3.8, 4) is 0 Å². The number of nitrogens with one attached hydrogen (secondary N) is 1. The van der Waals surface area contributed by atoms with Crippen molar-refractivity contribution < 1.29 is 4.79 Å². The van der Waals surface area contributed by atoms with Gasteiger partial charge in [0.15, 0.2) is 5.78 Å². The minimum Gasteiger partial charge on any atom is -0.314 e. The Labute approximate surface area is 108 Å². The van der Waals surface area contributed by atoms with E-state index in [2.05, 4.69) is 15.2 Å². The Balaban J connectivity index is 2.03. The fourth-order valence-electron chi connectivity index (χ4n) is 2.39. The lowest BCUT2D eigenvalue weighted by Gasteiger charge is -2.34. The highest BCUT2D eigenvalue weighted by Crippen LogP contribution is 2.23. The van der Waals surface area contributed by atoms with Gasteiger partial charge in [0.05, 0.1) is 0 Å². The first kappa shape index (κ1) is 13.2. The quantitative estimate of drug-likeness (QED) is 0.812. The SMILES string of the molecule is CC(C)(CN1CCNCC1)C(=O)c1ccncc1. The number of hydrogen-bond acceptors (Lipinski definition) is 4. The minimum atomic E-state index is -0.349. The number of carbonyl (C=O) groups is 1. The molecule has 4 nitrogen and oxygen atoms in total. The third-order valence-electron chi connectivity index (χ3n) is 3.39. The first-order valence-electron chi connectivity index (χ1n) is 6.47. The fraction of sp³-hybridized carbons (Fsp3) is 0.571. The highest BCUT2D eigenvalue weighted by Gasteiger charge is 2.31. The maximum absolute atomic E-state index is 12.5. The molecule has 0 radical (unpaired) electrons. The summed E-state index contributed by atoms with van der Waals surface area (Å²) < 4.78 is 0. The molecule has 18 heavy (non-hydrogen) atoms. The van der Waals surface area contributed by atoms with Crippen LogP contribution in [0.2, 0.25) is 0 Å². The molecule has 0 unspecified atom stereocenters. The first-order valence-corrected chi connectivity index (χ1v) is 6.47. The number of hydrogen-bond donors (Lipinski definition) is 1.